The molecular formula is C19H22N2O3. The largest absolute Gasteiger partial charge is 0.497 e. The smallest absolute Gasteiger partial charge is 0.222 e. The first-order chi connectivity index (χ1) is 11.6. The van der Waals surface area contributed by atoms with Crippen molar-refractivity contribution in [3.8, 4) is 11.5 Å². The molecule has 0 fully saturated rings. The third-order valence-corrected chi connectivity index (χ3v) is 4.02. The van der Waals surface area contributed by atoms with E-state index in [0.717, 1.165) is 28.3 Å². The number of aryl methyl sites for hydroxylation is 1. The Morgan fingerprint density at radius 1 is 1.29 bits per heavy atom. The standard InChI is InChI=1S/C19H22N2O3/c1-13-3-8-17-18(9-13)24-12-15(21-17)10-19(22)20-11-14-4-6-16(23-2)7-5-14/h3-9,15,21H,10-12H2,1-2H3,(H,20,22). The van der Waals surface area contributed by atoms with Gasteiger partial charge in [0.25, 0.3) is 0 Å². The number of hydrogen-bond acceptors (Lipinski definition) is 4. The molecule has 5 heteroatoms. The lowest BCUT2D eigenvalue weighted by atomic mass is 10.1. The van der Waals surface area contributed by atoms with Crippen LogP contribution >= 0.6 is 0 Å². The summed E-state index contributed by atoms with van der Waals surface area (Å²) in [6.45, 7) is 3.03. The van der Waals surface area contributed by atoms with Crippen LogP contribution in [0.2, 0.25) is 0 Å². The molecule has 1 heterocycles. The van der Waals surface area contributed by atoms with E-state index in [-0.39, 0.29) is 11.9 Å². The molecule has 0 aliphatic carbocycles. The highest BCUT2D eigenvalue weighted by Gasteiger charge is 2.21. The van der Waals surface area contributed by atoms with Crippen LogP contribution in [0.15, 0.2) is 42.5 Å². The van der Waals surface area contributed by atoms with Crippen molar-refractivity contribution < 1.29 is 14.3 Å². The molecule has 1 amide bonds. The summed E-state index contributed by atoms with van der Waals surface area (Å²) in [4.78, 5) is 12.1. The molecular weight excluding hydrogens is 304 g/mol. The van der Waals surface area contributed by atoms with E-state index < -0.39 is 0 Å². The molecule has 1 aliphatic heterocycles. The molecule has 2 N–H and O–H groups in total. The molecule has 1 aliphatic rings. The summed E-state index contributed by atoms with van der Waals surface area (Å²) in [6, 6.07) is 13.7. The van der Waals surface area contributed by atoms with E-state index >= 15 is 0 Å². The number of rotatable bonds is 5. The Labute approximate surface area is 142 Å². The normalized spacial score (nSPS) is 15.7. The van der Waals surface area contributed by atoms with Gasteiger partial charge in [0.15, 0.2) is 0 Å². The summed E-state index contributed by atoms with van der Waals surface area (Å²) in [7, 11) is 1.63. The minimum absolute atomic E-state index is 0.00230. The van der Waals surface area contributed by atoms with Crippen LogP contribution in [-0.4, -0.2) is 25.7 Å². The van der Waals surface area contributed by atoms with Crippen LogP contribution < -0.4 is 20.1 Å². The molecule has 0 aromatic heterocycles. The summed E-state index contributed by atoms with van der Waals surface area (Å²) < 4.78 is 10.9. The summed E-state index contributed by atoms with van der Waals surface area (Å²) in [5.74, 6) is 1.66. The first-order valence-electron chi connectivity index (χ1n) is 8.03. The summed E-state index contributed by atoms with van der Waals surface area (Å²) in [6.07, 6.45) is 0.378. The predicted molar refractivity (Wildman–Crippen MR) is 93.5 cm³/mol. The number of anilines is 1. The number of nitrogens with one attached hydrogen (secondary N) is 2. The van der Waals surface area contributed by atoms with Gasteiger partial charge in [-0.15, -0.1) is 0 Å². The third-order valence-electron chi connectivity index (χ3n) is 4.02. The summed E-state index contributed by atoms with van der Waals surface area (Å²) in [5.41, 5.74) is 3.14. The number of amides is 1. The Morgan fingerprint density at radius 3 is 2.83 bits per heavy atom. The van der Waals surface area contributed by atoms with Crippen molar-refractivity contribution in [2.45, 2.75) is 25.9 Å². The van der Waals surface area contributed by atoms with Gasteiger partial charge in [0.1, 0.15) is 18.1 Å². The van der Waals surface area contributed by atoms with Gasteiger partial charge < -0.3 is 20.1 Å². The maximum atomic E-state index is 12.1. The molecule has 0 bridgehead atoms. The lowest BCUT2D eigenvalue weighted by molar-refractivity contribution is -0.121. The molecule has 2 aromatic rings. The maximum absolute atomic E-state index is 12.1. The van der Waals surface area contributed by atoms with Crippen LogP contribution in [0.4, 0.5) is 5.69 Å². The van der Waals surface area contributed by atoms with Gasteiger partial charge in [0.05, 0.1) is 25.3 Å². The van der Waals surface area contributed by atoms with Crippen LogP contribution in [0.1, 0.15) is 17.5 Å². The fraction of sp³-hybridized carbons (Fsp3) is 0.316. The van der Waals surface area contributed by atoms with E-state index in [9.17, 15) is 4.79 Å². The number of carbonyl (C=O) groups is 1. The molecule has 1 atom stereocenters. The highest BCUT2D eigenvalue weighted by molar-refractivity contribution is 5.77. The van der Waals surface area contributed by atoms with Crippen LogP contribution in [0.3, 0.4) is 0 Å². The van der Waals surface area contributed by atoms with Crippen molar-refractivity contribution >= 4 is 11.6 Å². The minimum atomic E-state index is -0.0175. The van der Waals surface area contributed by atoms with Gasteiger partial charge in [0, 0.05) is 6.54 Å². The zero-order valence-corrected chi connectivity index (χ0v) is 14.0. The molecule has 24 heavy (non-hydrogen) atoms. The van der Waals surface area contributed by atoms with E-state index in [0.29, 0.717) is 19.6 Å². The van der Waals surface area contributed by atoms with Crippen LogP contribution in [0.5, 0.6) is 11.5 Å². The van der Waals surface area contributed by atoms with Gasteiger partial charge >= 0.3 is 0 Å². The lowest BCUT2D eigenvalue weighted by Gasteiger charge is -2.27. The first kappa shape index (κ1) is 16.2. The van der Waals surface area contributed by atoms with E-state index in [1.165, 1.54) is 0 Å². The average molecular weight is 326 g/mol. The SMILES string of the molecule is COc1ccc(CNC(=O)CC2COc3cc(C)ccc3N2)cc1. The predicted octanol–water partition coefficient (Wildman–Crippen LogP) is 2.88. The summed E-state index contributed by atoms with van der Waals surface area (Å²) in [5, 5.41) is 6.31. The molecule has 2 aromatic carbocycles. The molecule has 126 valence electrons. The van der Waals surface area contributed by atoms with Crippen molar-refractivity contribution in [1.82, 2.24) is 5.32 Å². The second kappa shape index (κ2) is 7.25. The number of fused-ring (bicyclic) bond motifs is 1. The molecule has 1 unspecified atom stereocenters. The van der Waals surface area contributed by atoms with Gasteiger partial charge in [-0.2, -0.15) is 0 Å². The molecule has 5 nitrogen and oxygen atoms in total. The maximum Gasteiger partial charge on any atom is 0.222 e. The molecule has 0 spiro atoms. The van der Waals surface area contributed by atoms with Gasteiger partial charge in [-0.05, 0) is 42.3 Å². The Balaban J connectivity index is 1.49. The van der Waals surface area contributed by atoms with E-state index in [2.05, 4.69) is 10.6 Å². The monoisotopic (exact) mass is 326 g/mol. The highest BCUT2D eigenvalue weighted by Crippen LogP contribution is 2.30. The van der Waals surface area contributed by atoms with Crippen molar-refractivity contribution in [3.05, 3.63) is 53.6 Å². The Morgan fingerprint density at radius 2 is 2.08 bits per heavy atom. The third kappa shape index (κ3) is 3.98. The van der Waals surface area contributed by atoms with Crippen molar-refractivity contribution in [1.29, 1.82) is 0 Å². The second-order valence-corrected chi connectivity index (χ2v) is 5.98. The van der Waals surface area contributed by atoms with Crippen molar-refractivity contribution in [2.75, 3.05) is 19.0 Å². The number of methoxy groups -OCH3 is 1. The number of benzene rings is 2. The molecule has 0 saturated heterocycles. The van der Waals surface area contributed by atoms with Gasteiger partial charge in [-0.25, -0.2) is 0 Å². The van der Waals surface area contributed by atoms with Crippen LogP contribution in [0, 0.1) is 6.92 Å². The van der Waals surface area contributed by atoms with Gasteiger partial charge in [0.2, 0.25) is 5.91 Å². The fourth-order valence-electron chi connectivity index (χ4n) is 2.67. The Kier molecular flexibility index (Phi) is 4.89. The molecule has 0 radical (unpaired) electrons. The van der Waals surface area contributed by atoms with Crippen LogP contribution in [0.25, 0.3) is 0 Å². The minimum Gasteiger partial charge on any atom is -0.497 e. The topological polar surface area (TPSA) is 59.6 Å². The average Bonchev–Trinajstić information content (AvgIpc) is 2.60. The zero-order chi connectivity index (χ0) is 16.9. The van der Waals surface area contributed by atoms with Crippen molar-refractivity contribution in [3.63, 3.8) is 0 Å². The number of carbonyl (C=O) groups excluding carboxylic acids is 1. The second-order valence-electron chi connectivity index (χ2n) is 5.98. The Bertz CT molecular complexity index is 713. The number of hydrogen-bond donors (Lipinski definition) is 2. The summed E-state index contributed by atoms with van der Waals surface area (Å²) >= 11 is 0. The first-order valence-corrected chi connectivity index (χ1v) is 8.03. The van der Waals surface area contributed by atoms with Crippen LogP contribution in [-0.2, 0) is 11.3 Å². The fourth-order valence-corrected chi connectivity index (χ4v) is 2.67. The zero-order valence-electron chi connectivity index (χ0n) is 14.0. The quantitative estimate of drug-likeness (QED) is 0.887. The molecule has 0 saturated carbocycles. The van der Waals surface area contributed by atoms with Gasteiger partial charge in [-0.3, -0.25) is 4.79 Å². The van der Waals surface area contributed by atoms with Gasteiger partial charge in [-0.1, -0.05) is 18.2 Å². The van der Waals surface area contributed by atoms with E-state index in [4.69, 9.17) is 9.47 Å². The number of ether oxygens (including phenoxy) is 2. The highest BCUT2D eigenvalue weighted by atomic mass is 16.5. The lowest BCUT2D eigenvalue weighted by Crippen LogP contribution is -2.37. The van der Waals surface area contributed by atoms with E-state index in [1.54, 1.807) is 7.11 Å². The molecule has 3 rings (SSSR count). The van der Waals surface area contributed by atoms with E-state index in [1.807, 2.05) is 49.4 Å². The van der Waals surface area contributed by atoms with Crippen molar-refractivity contribution in [2.24, 2.45) is 0 Å². The Hall–Kier alpha value is -2.69.